The van der Waals surface area contributed by atoms with Crippen LogP contribution in [0.5, 0.6) is 0 Å². The fourth-order valence-corrected chi connectivity index (χ4v) is 1.09. The van der Waals surface area contributed by atoms with Crippen molar-refractivity contribution in [3.63, 3.8) is 0 Å². The molecule has 0 aliphatic carbocycles. The van der Waals surface area contributed by atoms with Crippen LogP contribution < -0.4 is 0 Å². The molecule has 74 valence electrons. The van der Waals surface area contributed by atoms with Gasteiger partial charge in [-0.3, -0.25) is 4.99 Å². The van der Waals surface area contributed by atoms with Crippen LogP contribution in [0.25, 0.3) is 5.70 Å². The third-order valence-corrected chi connectivity index (χ3v) is 1.91. The first kappa shape index (κ1) is 10.9. The number of hydrogen-bond acceptors (Lipinski definition) is 2. The summed E-state index contributed by atoms with van der Waals surface area (Å²) >= 11 is 0. The Kier molecular flexibility index (Phi) is 4.05. The van der Waals surface area contributed by atoms with E-state index < -0.39 is 0 Å². The van der Waals surface area contributed by atoms with Crippen LogP contribution in [0, 0.1) is 11.3 Å². The third kappa shape index (κ3) is 3.24. The molecule has 2 heteroatoms. The molecule has 0 bridgehead atoms. The number of allylic oxidation sites excluding steroid dienone is 3. The van der Waals surface area contributed by atoms with E-state index in [9.17, 15) is 0 Å². The first-order chi connectivity index (χ1) is 7.27. The van der Waals surface area contributed by atoms with Gasteiger partial charge in [-0.2, -0.15) is 5.26 Å². The molecule has 0 saturated carbocycles. The van der Waals surface area contributed by atoms with Gasteiger partial charge >= 0.3 is 0 Å². The lowest BCUT2D eigenvalue weighted by molar-refractivity contribution is 1.44. The summed E-state index contributed by atoms with van der Waals surface area (Å²) in [6, 6.07) is 11.8. The van der Waals surface area contributed by atoms with Crippen molar-refractivity contribution in [2.75, 3.05) is 0 Å². The molecule has 2 nitrogen and oxygen atoms in total. The van der Waals surface area contributed by atoms with Gasteiger partial charge in [0.1, 0.15) is 0 Å². The molecule has 0 atom stereocenters. The van der Waals surface area contributed by atoms with Crippen molar-refractivity contribution in [2.45, 2.75) is 6.92 Å². The van der Waals surface area contributed by atoms with Crippen molar-refractivity contribution in [2.24, 2.45) is 4.99 Å². The SMILES string of the molecule is C=N/C(=C\C=C(/C)C#N)c1ccccc1. The summed E-state index contributed by atoms with van der Waals surface area (Å²) in [7, 11) is 0. The van der Waals surface area contributed by atoms with Crippen molar-refractivity contribution in [1.29, 1.82) is 5.26 Å². The van der Waals surface area contributed by atoms with E-state index in [-0.39, 0.29) is 0 Å². The third-order valence-electron chi connectivity index (χ3n) is 1.91. The van der Waals surface area contributed by atoms with E-state index in [1.54, 1.807) is 19.1 Å². The summed E-state index contributed by atoms with van der Waals surface area (Å²) in [6.07, 6.45) is 3.53. The Morgan fingerprint density at radius 3 is 2.53 bits per heavy atom. The number of aliphatic imine (C=N–C) groups is 1. The topological polar surface area (TPSA) is 36.1 Å². The van der Waals surface area contributed by atoms with E-state index >= 15 is 0 Å². The van der Waals surface area contributed by atoms with Crippen molar-refractivity contribution >= 4 is 12.4 Å². The zero-order chi connectivity index (χ0) is 11.1. The Balaban J connectivity index is 3.01. The van der Waals surface area contributed by atoms with Crippen LogP contribution in [0.1, 0.15) is 12.5 Å². The molecule has 0 aromatic heterocycles. The van der Waals surface area contributed by atoms with Crippen LogP contribution in [0.15, 0.2) is 53.0 Å². The minimum absolute atomic E-state index is 0.645. The predicted molar refractivity (Wildman–Crippen MR) is 63.3 cm³/mol. The quantitative estimate of drug-likeness (QED) is 0.415. The van der Waals surface area contributed by atoms with Gasteiger partial charge < -0.3 is 0 Å². The largest absolute Gasteiger partial charge is 0.264 e. The van der Waals surface area contributed by atoms with Crippen LogP contribution in [-0.4, -0.2) is 6.72 Å². The van der Waals surface area contributed by atoms with Gasteiger partial charge in [0.05, 0.1) is 11.8 Å². The van der Waals surface area contributed by atoms with Crippen molar-refractivity contribution in [1.82, 2.24) is 0 Å². The lowest BCUT2D eigenvalue weighted by atomic mass is 10.1. The lowest BCUT2D eigenvalue weighted by Gasteiger charge is -1.98. The summed E-state index contributed by atoms with van der Waals surface area (Å²) in [5.41, 5.74) is 2.41. The lowest BCUT2D eigenvalue weighted by Crippen LogP contribution is -1.79. The van der Waals surface area contributed by atoms with Crippen LogP contribution in [-0.2, 0) is 0 Å². The van der Waals surface area contributed by atoms with Gasteiger partial charge in [-0.25, -0.2) is 0 Å². The zero-order valence-corrected chi connectivity index (χ0v) is 8.64. The van der Waals surface area contributed by atoms with Gasteiger partial charge in [-0.05, 0) is 25.8 Å². The number of rotatable bonds is 3. The molecular weight excluding hydrogens is 184 g/mol. The highest BCUT2D eigenvalue weighted by molar-refractivity contribution is 5.69. The van der Waals surface area contributed by atoms with Crippen molar-refractivity contribution in [3.8, 4) is 6.07 Å². The number of benzene rings is 1. The molecule has 0 N–H and O–H groups in total. The molecule has 0 radical (unpaired) electrons. The van der Waals surface area contributed by atoms with Gasteiger partial charge in [0, 0.05) is 11.1 Å². The predicted octanol–water partition coefficient (Wildman–Crippen LogP) is 3.20. The summed E-state index contributed by atoms with van der Waals surface area (Å²) in [4.78, 5) is 3.92. The number of hydrogen-bond donors (Lipinski definition) is 0. The molecule has 0 amide bonds. The fraction of sp³-hybridized carbons (Fsp3) is 0.0769. The highest BCUT2D eigenvalue weighted by Gasteiger charge is 1.95. The normalized spacial score (nSPS) is 12.0. The molecule has 15 heavy (non-hydrogen) atoms. The second-order valence-electron chi connectivity index (χ2n) is 3.04. The van der Waals surface area contributed by atoms with Crippen LogP contribution >= 0.6 is 0 Å². The Bertz CT molecular complexity index is 433. The summed E-state index contributed by atoms with van der Waals surface area (Å²) in [6.45, 7) is 5.26. The maximum atomic E-state index is 8.60. The molecule has 0 spiro atoms. The van der Waals surface area contributed by atoms with E-state index in [2.05, 4.69) is 17.8 Å². The Morgan fingerprint density at radius 1 is 1.33 bits per heavy atom. The van der Waals surface area contributed by atoms with E-state index in [0.29, 0.717) is 5.57 Å². The minimum Gasteiger partial charge on any atom is -0.264 e. The maximum Gasteiger partial charge on any atom is 0.0944 e. The summed E-state index contributed by atoms with van der Waals surface area (Å²) in [5.74, 6) is 0. The molecular formula is C13H12N2. The Morgan fingerprint density at radius 2 is 2.00 bits per heavy atom. The molecule has 0 unspecified atom stereocenters. The average Bonchev–Trinajstić information content (AvgIpc) is 2.31. The standard InChI is InChI=1S/C13H12N2/c1-11(10-14)8-9-13(15-2)12-6-4-3-5-7-12/h3-9H,2H2,1H3/b11-8+,13-9-. The van der Waals surface area contributed by atoms with E-state index in [1.807, 2.05) is 30.3 Å². The number of nitriles is 1. The first-order valence-electron chi connectivity index (χ1n) is 4.58. The Labute approximate surface area is 89.9 Å². The van der Waals surface area contributed by atoms with Gasteiger partial charge in [0.15, 0.2) is 0 Å². The zero-order valence-electron chi connectivity index (χ0n) is 8.64. The minimum atomic E-state index is 0.645. The summed E-state index contributed by atoms with van der Waals surface area (Å²) < 4.78 is 0. The van der Waals surface area contributed by atoms with Crippen molar-refractivity contribution in [3.05, 3.63) is 53.6 Å². The summed E-state index contributed by atoms with van der Waals surface area (Å²) in [5, 5.41) is 8.60. The molecule has 0 saturated heterocycles. The van der Waals surface area contributed by atoms with E-state index in [0.717, 1.165) is 11.3 Å². The van der Waals surface area contributed by atoms with Gasteiger partial charge in [-0.1, -0.05) is 30.3 Å². The molecule has 0 fully saturated rings. The molecule has 0 aliphatic rings. The fourth-order valence-electron chi connectivity index (χ4n) is 1.09. The number of nitrogens with zero attached hydrogens (tertiary/aromatic N) is 2. The van der Waals surface area contributed by atoms with Crippen LogP contribution in [0.4, 0.5) is 0 Å². The monoisotopic (exact) mass is 196 g/mol. The highest BCUT2D eigenvalue weighted by Crippen LogP contribution is 2.14. The molecule has 0 heterocycles. The second kappa shape index (κ2) is 5.56. The Hall–Kier alpha value is -2.14. The van der Waals surface area contributed by atoms with Gasteiger partial charge in [-0.15, -0.1) is 0 Å². The van der Waals surface area contributed by atoms with Crippen LogP contribution in [0.3, 0.4) is 0 Å². The van der Waals surface area contributed by atoms with Crippen LogP contribution in [0.2, 0.25) is 0 Å². The van der Waals surface area contributed by atoms with Gasteiger partial charge in [0.2, 0.25) is 0 Å². The molecule has 0 aliphatic heterocycles. The molecule has 1 aromatic carbocycles. The molecule has 1 aromatic rings. The van der Waals surface area contributed by atoms with E-state index in [1.165, 1.54) is 0 Å². The van der Waals surface area contributed by atoms with Crippen molar-refractivity contribution < 1.29 is 0 Å². The smallest absolute Gasteiger partial charge is 0.0944 e. The van der Waals surface area contributed by atoms with E-state index in [4.69, 9.17) is 5.26 Å². The second-order valence-corrected chi connectivity index (χ2v) is 3.04. The van der Waals surface area contributed by atoms with Gasteiger partial charge in [0.25, 0.3) is 0 Å². The first-order valence-corrected chi connectivity index (χ1v) is 4.58. The maximum absolute atomic E-state index is 8.60. The molecule has 1 rings (SSSR count). The highest BCUT2D eigenvalue weighted by atomic mass is 14.7. The average molecular weight is 196 g/mol.